The third-order valence-electron chi connectivity index (χ3n) is 2.36. The Morgan fingerprint density at radius 3 is 2.79 bits per heavy atom. The second-order valence-electron chi connectivity index (χ2n) is 3.87. The minimum Gasteiger partial charge on any atom is -0.479 e. The van der Waals surface area contributed by atoms with Crippen molar-refractivity contribution in [2.45, 2.75) is 13.5 Å². The molecular weight excluding hydrogens is 248 g/mol. The molecule has 19 heavy (non-hydrogen) atoms. The van der Waals surface area contributed by atoms with Crippen molar-refractivity contribution in [3.05, 3.63) is 51.8 Å². The zero-order chi connectivity index (χ0) is 13.8. The van der Waals surface area contributed by atoms with Crippen LogP contribution in [0.25, 0.3) is 0 Å². The number of rotatable bonds is 4. The van der Waals surface area contributed by atoms with E-state index in [-0.39, 0.29) is 18.2 Å². The predicted molar refractivity (Wildman–Crippen MR) is 68.6 cm³/mol. The summed E-state index contributed by atoms with van der Waals surface area (Å²) in [5.41, 5.74) is 6.69. The molecule has 0 aromatic carbocycles. The van der Waals surface area contributed by atoms with E-state index in [2.05, 4.69) is 9.97 Å². The number of nitrogens with zero attached hydrogens (tertiary/aromatic N) is 3. The fourth-order valence-electron chi connectivity index (χ4n) is 1.50. The first kappa shape index (κ1) is 12.7. The molecule has 0 amide bonds. The fourth-order valence-corrected chi connectivity index (χ4v) is 1.50. The quantitative estimate of drug-likeness (QED) is 0.664. The van der Waals surface area contributed by atoms with Gasteiger partial charge in [-0.25, -0.2) is 4.98 Å². The standard InChI is InChI=1S/C12H12N4O3/c1-8-5-6-10(12(14-8)16(17)18)19-7-9-3-2-4-11(13)15-9/h2-6H,7H2,1H3,(H2,13,15). The van der Waals surface area contributed by atoms with Crippen LogP contribution in [0.2, 0.25) is 0 Å². The third kappa shape index (κ3) is 3.15. The van der Waals surface area contributed by atoms with Gasteiger partial charge in [-0.3, -0.25) is 0 Å². The minimum atomic E-state index is -0.574. The van der Waals surface area contributed by atoms with Gasteiger partial charge in [0, 0.05) is 6.92 Å². The second-order valence-corrected chi connectivity index (χ2v) is 3.87. The summed E-state index contributed by atoms with van der Waals surface area (Å²) in [4.78, 5) is 18.2. The van der Waals surface area contributed by atoms with Crippen LogP contribution in [0.5, 0.6) is 5.75 Å². The molecule has 2 N–H and O–H groups in total. The van der Waals surface area contributed by atoms with Crippen LogP contribution in [0.4, 0.5) is 11.6 Å². The van der Waals surface area contributed by atoms with E-state index in [0.29, 0.717) is 17.2 Å². The fraction of sp³-hybridized carbons (Fsp3) is 0.167. The summed E-state index contributed by atoms with van der Waals surface area (Å²) in [5.74, 6) is 0.182. The molecule has 0 aliphatic rings. The van der Waals surface area contributed by atoms with E-state index >= 15 is 0 Å². The van der Waals surface area contributed by atoms with Crippen molar-refractivity contribution in [2.75, 3.05) is 5.73 Å². The maximum Gasteiger partial charge on any atom is 0.406 e. The van der Waals surface area contributed by atoms with E-state index < -0.39 is 4.92 Å². The smallest absolute Gasteiger partial charge is 0.406 e. The van der Waals surface area contributed by atoms with Gasteiger partial charge in [0.25, 0.3) is 0 Å². The molecule has 98 valence electrons. The monoisotopic (exact) mass is 260 g/mol. The molecule has 0 fully saturated rings. The number of aromatic nitrogens is 2. The van der Waals surface area contributed by atoms with Crippen LogP contribution in [-0.4, -0.2) is 14.9 Å². The molecule has 0 aliphatic carbocycles. The molecule has 2 aromatic rings. The van der Waals surface area contributed by atoms with Gasteiger partial charge >= 0.3 is 5.82 Å². The first-order valence-corrected chi connectivity index (χ1v) is 5.52. The lowest BCUT2D eigenvalue weighted by Gasteiger charge is -2.06. The lowest BCUT2D eigenvalue weighted by molar-refractivity contribution is -0.390. The van der Waals surface area contributed by atoms with Gasteiger partial charge in [-0.2, -0.15) is 0 Å². The number of anilines is 1. The van der Waals surface area contributed by atoms with E-state index in [0.717, 1.165) is 0 Å². The molecule has 0 saturated carbocycles. The number of nitrogen functional groups attached to an aromatic ring is 1. The van der Waals surface area contributed by atoms with Crippen LogP contribution < -0.4 is 10.5 Å². The molecule has 0 radical (unpaired) electrons. The molecule has 7 heteroatoms. The van der Waals surface area contributed by atoms with Crippen molar-refractivity contribution >= 4 is 11.6 Å². The van der Waals surface area contributed by atoms with Crippen molar-refractivity contribution in [1.29, 1.82) is 0 Å². The largest absolute Gasteiger partial charge is 0.479 e. The molecule has 7 nitrogen and oxygen atoms in total. The molecule has 0 unspecified atom stereocenters. The lowest BCUT2D eigenvalue weighted by atomic mass is 10.3. The van der Waals surface area contributed by atoms with E-state index in [1.54, 1.807) is 31.2 Å². The SMILES string of the molecule is Cc1ccc(OCc2cccc(N)n2)c([N+](=O)[O-])n1. The number of ether oxygens (including phenoxy) is 1. The van der Waals surface area contributed by atoms with Gasteiger partial charge < -0.3 is 20.6 Å². The van der Waals surface area contributed by atoms with E-state index in [1.165, 1.54) is 6.07 Å². The molecule has 2 heterocycles. The number of hydrogen-bond acceptors (Lipinski definition) is 6. The number of pyridine rings is 2. The van der Waals surface area contributed by atoms with Crippen LogP contribution in [0, 0.1) is 17.0 Å². The van der Waals surface area contributed by atoms with E-state index in [4.69, 9.17) is 10.5 Å². The Morgan fingerprint density at radius 1 is 1.32 bits per heavy atom. The Balaban J connectivity index is 2.17. The summed E-state index contributed by atoms with van der Waals surface area (Å²) in [6, 6.07) is 8.29. The summed E-state index contributed by atoms with van der Waals surface area (Å²) < 4.78 is 5.37. The average molecular weight is 260 g/mol. The second kappa shape index (κ2) is 5.30. The van der Waals surface area contributed by atoms with Crippen LogP contribution in [0.3, 0.4) is 0 Å². The van der Waals surface area contributed by atoms with Crippen LogP contribution in [0.15, 0.2) is 30.3 Å². The van der Waals surface area contributed by atoms with Gasteiger partial charge in [0.05, 0.1) is 5.69 Å². The Labute approximate surface area is 109 Å². The summed E-state index contributed by atoms with van der Waals surface area (Å²) in [6.45, 7) is 1.77. The van der Waals surface area contributed by atoms with Gasteiger partial charge in [-0.1, -0.05) is 6.07 Å². The van der Waals surface area contributed by atoms with Gasteiger partial charge in [-0.15, -0.1) is 0 Å². The Kier molecular flexibility index (Phi) is 3.56. The molecular formula is C12H12N4O3. The van der Waals surface area contributed by atoms with Gasteiger partial charge in [0.1, 0.15) is 18.1 Å². The van der Waals surface area contributed by atoms with Crippen molar-refractivity contribution in [3.63, 3.8) is 0 Å². The lowest BCUT2D eigenvalue weighted by Crippen LogP contribution is -2.03. The zero-order valence-corrected chi connectivity index (χ0v) is 10.2. The molecule has 0 bridgehead atoms. The first-order chi connectivity index (χ1) is 9.06. The summed E-state index contributed by atoms with van der Waals surface area (Å²) in [7, 11) is 0. The van der Waals surface area contributed by atoms with Gasteiger partial charge in [-0.05, 0) is 34.2 Å². The predicted octanol–water partition coefficient (Wildman–Crippen LogP) is 1.85. The number of hydrogen-bond donors (Lipinski definition) is 1. The van der Waals surface area contributed by atoms with Gasteiger partial charge in [0.2, 0.25) is 5.75 Å². The van der Waals surface area contributed by atoms with Crippen molar-refractivity contribution in [2.24, 2.45) is 0 Å². The van der Waals surface area contributed by atoms with Crippen LogP contribution in [0.1, 0.15) is 11.4 Å². The first-order valence-electron chi connectivity index (χ1n) is 5.52. The van der Waals surface area contributed by atoms with Gasteiger partial charge in [0.15, 0.2) is 0 Å². The number of aryl methyl sites for hydroxylation is 1. The summed E-state index contributed by atoms with van der Waals surface area (Å²) in [6.07, 6.45) is 0. The highest BCUT2D eigenvalue weighted by Gasteiger charge is 2.17. The number of nitro groups is 1. The Morgan fingerprint density at radius 2 is 2.11 bits per heavy atom. The van der Waals surface area contributed by atoms with Crippen molar-refractivity contribution < 1.29 is 9.66 Å². The average Bonchev–Trinajstić information content (AvgIpc) is 2.37. The highest BCUT2D eigenvalue weighted by Crippen LogP contribution is 2.25. The molecule has 2 aromatic heterocycles. The normalized spacial score (nSPS) is 10.2. The maximum absolute atomic E-state index is 10.9. The molecule has 0 saturated heterocycles. The molecule has 0 spiro atoms. The van der Waals surface area contributed by atoms with Crippen molar-refractivity contribution in [1.82, 2.24) is 9.97 Å². The van der Waals surface area contributed by atoms with Crippen LogP contribution in [-0.2, 0) is 6.61 Å². The zero-order valence-electron chi connectivity index (χ0n) is 10.2. The van der Waals surface area contributed by atoms with E-state index in [1.807, 2.05) is 0 Å². The Bertz CT molecular complexity index is 616. The summed E-state index contributed by atoms with van der Waals surface area (Å²) >= 11 is 0. The molecule has 2 rings (SSSR count). The van der Waals surface area contributed by atoms with E-state index in [9.17, 15) is 10.1 Å². The molecule has 0 aliphatic heterocycles. The summed E-state index contributed by atoms with van der Waals surface area (Å²) in [5, 5.41) is 10.9. The molecule has 0 atom stereocenters. The van der Waals surface area contributed by atoms with Crippen LogP contribution >= 0.6 is 0 Å². The topological polar surface area (TPSA) is 104 Å². The highest BCUT2D eigenvalue weighted by molar-refractivity contribution is 5.40. The minimum absolute atomic E-state index is 0.0939. The highest BCUT2D eigenvalue weighted by atomic mass is 16.6. The third-order valence-corrected chi connectivity index (χ3v) is 2.36. The maximum atomic E-state index is 10.9. The van der Waals surface area contributed by atoms with Crippen molar-refractivity contribution in [3.8, 4) is 5.75 Å². The number of nitrogens with two attached hydrogens (primary N) is 1. The Hall–Kier alpha value is -2.70.